The second-order valence-corrected chi connectivity index (χ2v) is 7.96. The van der Waals surface area contributed by atoms with Crippen LogP contribution >= 0.6 is 0 Å². The van der Waals surface area contributed by atoms with Crippen molar-refractivity contribution in [3.8, 4) is 0 Å². The topological polar surface area (TPSA) is 57.3 Å². The van der Waals surface area contributed by atoms with Crippen molar-refractivity contribution >= 4 is 23.1 Å². The van der Waals surface area contributed by atoms with Gasteiger partial charge in [0.15, 0.2) is 0 Å². The maximum atomic E-state index is 12.5. The molecule has 1 saturated heterocycles. The number of piperidine rings is 1. The number of aromatic nitrogens is 1. The summed E-state index contributed by atoms with van der Waals surface area (Å²) in [7, 11) is 0. The maximum absolute atomic E-state index is 12.5. The number of nitrogens with zero attached hydrogens (tertiary/aromatic N) is 2. The van der Waals surface area contributed by atoms with Gasteiger partial charge in [0.2, 0.25) is 0 Å². The summed E-state index contributed by atoms with van der Waals surface area (Å²) in [5, 5.41) is 6.46. The monoisotopic (exact) mass is 378 g/mol. The van der Waals surface area contributed by atoms with Crippen molar-refractivity contribution in [2.75, 3.05) is 28.6 Å². The van der Waals surface area contributed by atoms with Crippen LogP contribution in [-0.4, -0.2) is 30.0 Å². The summed E-state index contributed by atoms with van der Waals surface area (Å²) in [6.45, 7) is 2.25. The lowest BCUT2D eigenvalue weighted by molar-refractivity contribution is 0.102. The molecule has 1 amide bonds. The molecule has 1 aromatic carbocycles. The first kappa shape index (κ1) is 18.8. The molecule has 4 rings (SSSR count). The lowest BCUT2D eigenvalue weighted by Crippen LogP contribution is -2.29. The van der Waals surface area contributed by atoms with Crippen LogP contribution in [0.1, 0.15) is 61.7 Å². The fourth-order valence-electron chi connectivity index (χ4n) is 4.18. The molecule has 148 valence electrons. The van der Waals surface area contributed by atoms with Crippen LogP contribution in [0, 0.1) is 0 Å². The quantitative estimate of drug-likeness (QED) is 0.763. The summed E-state index contributed by atoms with van der Waals surface area (Å²) in [5.74, 6) is 0.733. The van der Waals surface area contributed by atoms with E-state index in [-0.39, 0.29) is 5.91 Å². The first-order valence-corrected chi connectivity index (χ1v) is 10.7. The highest BCUT2D eigenvalue weighted by atomic mass is 16.1. The number of anilines is 3. The van der Waals surface area contributed by atoms with Crippen molar-refractivity contribution in [1.29, 1.82) is 0 Å². The zero-order chi connectivity index (χ0) is 19.2. The summed E-state index contributed by atoms with van der Waals surface area (Å²) in [5.41, 5.74) is 2.63. The number of carbonyl (C=O) groups excluding carboxylic acids is 1. The molecule has 2 heterocycles. The molecule has 1 aliphatic carbocycles. The molecule has 2 N–H and O–H groups in total. The number of rotatable bonds is 5. The molecule has 1 saturated carbocycles. The third kappa shape index (κ3) is 4.83. The predicted molar refractivity (Wildman–Crippen MR) is 115 cm³/mol. The minimum Gasteiger partial charge on any atom is -0.372 e. The van der Waals surface area contributed by atoms with Crippen LogP contribution < -0.4 is 15.5 Å². The van der Waals surface area contributed by atoms with E-state index in [1.54, 1.807) is 6.20 Å². The van der Waals surface area contributed by atoms with E-state index in [0.717, 1.165) is 24.6 Å². The zero-order valence-electron chi connectivity index (χ0n) is 16.5. The number of hydrogen-bond acceptors (Lipinski definition) is 4. The Morgan fingerprint density at radius 1 is 0.893 bits per heavy atom. The Morgan fingerprint density at radius 2 is 1.61 bits per heavy atom. The number of benzene rings is 1. The predicted octanol–water partition coefficient (Wildman–Crippen LogP) is 5.07. The standard InChI is InChI=1S/C23H30N4O/c28-23(18-9-14-22(24-17-18)25-19-7-3-1-4-8-19)26-20-10-12-21(13-11-20)27-15-5-2-6-16-27/h9-14,17,19H,1-8,15-16H2,(H,24,25)(H,26,28). The normalized spacial score (nSPS) is 17.9. The van der Waals surface area contributed by atoms with Gasteiger partial charge in [-0.3, -0.25) is 4.79 Å². The first-order chi connectivity index (χ1) is 13.8. The average molecular weight is 379 g/mol. The lowest BCUT2D eigenvalue weighted by Gasteiger charge is -2.28. The van der Waals surface area contributed by atoms with Gasteiger partial charge >= 0.3 is 0 Å². The van der Waals surface area contributed by atoms with E-state index in [1.165, 1.54) is 57.1 Å². The number of nitrogens with one attached hydrogen (secondary N) is 2. The molecule has 28 heavy (non-hydrogen) atoms. The number of amides is 1. The molecule has 2 fully saturated rings. The Bertz CT molecular complexity index is 760. The minimum atomic E-state index is -0.123. The smallest absolute Gasteiger partial charge is 0.257 e. The van der Waals surface area contributed by atoms with Crippen molar-refractivity contribution in [3.63, 3.8) is 0 Å². The molecular formula is C23H30N4O. The zero-order valence-corrected chi connectivity index (χ0v) is 16.5. The first-order valence-electron chi connectivity index (χ1n) is 10.7. The van der Waals surface area contributed by atoms with E-state index in [9.17, 15) is 4.79 Å². The second kappa shape index (κ2) is 9.09. The molecular weight excluding hydrogens is 348 g/mol. The van der Waals surface area contributed by atoms with E-state index in [4.69, 9.17) is 0 Å². The highest BCUT2D eigenvalue weighted by molar-refractivity contribution is 6.04. The Morgan fingerprint density at radius 3 is 2.29 bits per heavy atom. The average Bonchev–Trinajstić information content (AvgIpc) is 2.76. The van der Waals surface area contributed by atoms with Crippen molar-refractivity contribution < 1.29 is 4.79 Å². The number of pyridine rings is 1. The van der Waals surface area contributed by atoms with Crippen molar-refractivity contribution in [2.24, 2.45) is 0 Å². The van der Waals surface area contributed by atoms with Gasteiger partial charge in [-0.05, 0) is 68.5 Å². The summed E-state index contributed by atoms with van der Waals surface area (Å²) in [4.78, 5) is 19.4. The Hall–Kier alpha value is -2.56. The minimum absolute atomic E-state index is 0.123. The van der Waals surface area contributed by atoms with Gasteiger partial charge in [-0.25, -0.2) is 4.98 Å². The summed E-state index contributed by atoms with van der Waals surface area (Å²) in [6, 6.07) is 12.4. The van der Waals surface area contributed by atoms with E-state index in [1.807, 2.05) is 24.3 Å². The van der Waals surface area contributed by atoms with Gasteiger partial charge in [-0.15, -0.1) is 0 Å². The molecule has 0 unspecified atom stereocenters. The van der Waals surface area contributed by atoms with Gasteiger partial charge in [-0.1, -0.05) is 19.3 Å². The molecule has 2 aromatic rings. The fourth-order valence-corrected chi connectivity index (χ4v) is 4.18. The van der Waals surface area contributed by atoms with Crippen LogP contribution in [0.4, 0.5) is 17.2 Å². The Balaban J connectivity index is 1.32. The van der Waals surface area contributed by atoms with Gasteiger partial charge in [0, 0.05) is 36.7 Å². The van der Waals surface area contributed by atoms with Gasteiger partial charge in [0.1, 0.15) is 5.82 Å². The number of hydrogen-bond donors (Lipinski definition) is 2. The third-order valence-corrected chi connectivity index (χ3v) is 5.83. The molecule has 2 aliphatic rings. The Labute approximate surface area is 167 Å². The van der Waals surface area contributed by atoms with Gasteiger partial charge < -0.3 is 15.5 Å². The van der Waals surface area contributed by atoms with E-state index in [0.29, 0.717) is 11.6 Å². The van der Waals surface area contributed by atoms with Crippen LogP contribution in [0.2, 0.25) is 0 Å². The highest BCUT2D eigenvalue weighted by Crippen LogP contribution is 2.23. The van der Waals surface area contributed by atoms with Gasteiger partial charge in [0.05, 0.1) is 5.56 Å². The van der Waals surface area contributed by atoms with Gasteiger partial charge in [-0.2, -0.15) is 0 Å². The number of carbonyl (C=O) groups is 1. The molecule has 0 bridgehead atoms. The molecule has 1 aromatic heterocycles. The van der Waals surface area contributed by atoms with Crippen LogP contribution in [0.15, 0.2) is 42.6 Å². The molecule has 0 radical (unpaired) electrons. The molecule has 0 spiro atoms. The van der Waals surface area contributed by atoms with Gasteiger partial charge in [0.25, 0.3) is 5.91 Å². The largest absolute Gasteiger partial charge is 0.372 e. The van der Waals surface area contributed by atoms with Crippen LogP contribution in [0.25, 0.3) is 0 Å². The van der Waals surface area contributed by atoms with Crippen LogP contribution in [0.5, 0.6) is 0 Å². The SMILES string of the molecule is O=C(Nc1ccc(N2CCCCC2)cc1)c1ccc(NC2CCCCC2)nc1. The van der Waals surface area contributed by atoms with E-state index in [2.05, 4.69) is 32.7 Å². The maximum Gasteiger partial charge on any atom is 0.257 e. The van der Waals surface area contributed by atoms with Crippen molar-refractivity contribution in [1.82, 2.24) is 4.98 Å². The molecule has 5 nitrogen and oxygen atoms in total. The fraction of sp³-hybridized carbons (Fsp3) is 0.478. The summed E-state index contributed by atoms with van der Waals surface area (Å²) < 4.78 is 0. The van der Waals surface area contributed by atoms with Crippen LogP contribution in [0.3, 0.4) is 0 Å². The summed E-state index contributed by atoms with van der Waals surface area (Å²) >= 11 is 0. The second-order valence-electron chi connectivity index (χ2n) is 7.96. The third-order valence-electron chi connectivity index (χ3n) is 5.83. The van der Waals surface area contributed by atoms with Crippen LogP contribution in [-0.2, 0) is 0 Å². The molecule has 5 heteroatoms. The molecule has 0 atom stereocenters. The summed E-state index contributed by atoms with van der Waals surface area (Å²) in [6.07, 6.45) is 11.8. The Kier molecular flexibility index (Phi) is 6.10. The highest BCUT2D eigenvalue weighted by Gasteiger charge is 2.14. The molecule has 1 aliphatic heterocycles. The van der Waals surface area contributed by atoms with E-state index >= 15 is 0 Å². The van der Waals surface area contributed by atoms with Crippen molar-refractivity contribution in [2.45, 2.75) is 57.4 Å². The lowest BCUT2D eigenvalue weighted by atomic mass is 9.95. The van der Waals surface area contributed by atoms with E-state index < -0.39 is 0 Å². The van der Waals surface area contributed by atoms with Crippen molar-refractivity contribution in [3.05, 3.63) is 48.2 Å².